The molecule has 26 heavy (non-hydrogen) atoms. The molecule has 1 aliphatic heterocycles. The van der Waals surface area contributed by atoms with Crippen LogP contribution in [0.3, 0.4) is 0 Å². The zero-order chi connectivity index (χ0) is 18.5. The lowest BCUT2D eigenvalue weighted by Gasteiger charge is -2.35. The van der Waals surface area contributed by atoms with Gasteiger partial charge in [-0.2, -0.15) is 0 Å². The van der Waals surface area contributed by atoms with Gasteiger partial charge in [0.05, 0.1) is 17.7 Å². The Labute approximate surface area is 164 Å². The number of hydrogen-bond acceptors (Lipinski definition) is 4. The number of ether oxygens (including phenoxy) is 1. The maximum atomic E-state index is 12.8. The molecule has 0 bridgehead atoms. The molecule has 1 amide bonds. The van der Waals surface area contributed by atoms with Crippen molar-refractivity contribution in [1.82, 2.24) is 9.80 Å². The lowest BCUT2D eigenvalue weighted by atomic mass is 10.1. The Morgan fingerprint density at radius 2 is 1.92 bits per heavy atom. The van der Waals surface area contributed by atoms with Crippen LogP contribution in [0.4, 0.5) is 0 Å². The SMILES string of the molecule is COc1cccc(CN2CCN(C(=O)c3cc(SC)ccc3Cl)CC2)c1. The highest BCUT2D eigenvalue weighted by Crippen LogP contribution is 2.25. The van der Waals surface area contributed by atoms with Crippen molar-refractivity contribution >= 4 is 29.3 Å². The Hall–Kier alpha value is -1.69. The van der Waals surface area contributed by atoms with Crippen LogP contribution in [-0.4, -0.2) is 55.3 Å². The van der Waals surface area contributed by atoms with E-state index in [2.05, 4.69) is 17.0 Å². The third-order valence-electron chi connectivity index (χ3n) is 4.60. The minimum atomic E-state index is 0.0203. The first-order valence-corrected chi connectivity index (χ1v) is 10.2. The van der Waals surface area contributed by atoms with Gasteiger partial charge in [0, 0.05) is 37.6 Å². The number of carbonyl (C=O) groups is 1. The van der Waals surface area contributed by atoms with E-state index < -0.39 is 0 Å². The van der Waals surface area contributed by atoms with Crippen LogP contribution in [0.15, 0.2) is 47.4 Å². The standard InChI is InChI=1S/C20H23ClN2O2S/c1-25-16-5-3-4-15(12-16)14-22-8-10-23(11-9-22)20(24)18-13-17(26-2)6-7-19(18)21/h3-7,12-13H,8-11,14H2,1-2H3. The molecule has 138 valence electrons. The highest BCUT2D eigenvalue weighted by Gasteiger charge is 2.24. The van der Waals surface area contributed by atoms with Gasteiger partial charge in [0.25, 0.3) is 5.91 Å². The number of methoxy groups -OCH3 is 1. The Morgan fingerprint density at radius 1 is 1.15 bits per heavy atom. The van der Waals surface area contributed by atoms with Gasteiger partial charge < -0.3 is 9.64 Å². The van der Waals surface area contributed by atoms with Crippen LogP contribution in [0.2, 0.25) is 5.02 Å². The average molecular weight is 391 g/mol. The lowest BCUT2D eigenvalue weighted by Crippen LogP contribution is -2.48. The van der Waals surface area contributed by atoms with Crippen molar-refractivity contribution in [2.75, 3.05) is 39.5 Å². The second-order valence-electron chi connectivity index (χ2n) is 6.27. The van der Waals surface area contributed by atoms with Gasteiger partial charge >= 0.3 is 0 Å². The van der Waals surface area contributed by atoms with E-state index >= 15 is 0 Å². The summed E-state index contributed by atoms with van der Waals surface area (Å²) >= 11 is 7.87. The number of halogens is 1. The van der Waals surface area contributed by atoms with E-state index in [1.54, 1.807) is 24.9 Å². The molecule has 6 heteroatoms. The number of thioether (sulfide) groups is 1. The molecule has 0 unspecified atom stereocenters. The molecule has 0 spiro atoms. The number of rotatable bonds is 5. The molecule has 0 saturated carbocycles. The van der Waals surface area contributed by atoms with E-state index in [4.69, 9.17) is 16.3 Å². The fourth-order valence-corrected chi connectivity index (χ4v) is 3.74. The molecular formula is C20H23ClN2O2S. The summed E-state index contributed by atoms with van der Waals surface area (Å²) < 4.78 is 5.29. The third-order valence-corrected chi connectivity index (χ3v) is 5.66. The minimum absolute atomic E-state index is 0.0203. The van der Waals surface area contributed by atoms with Gasteiger partial charge in [-0.1, -0.05) is 23.7 Å². The Balaban J connectivity index is 1.60. The monoisotopic (exact) mass is 390 g/mol. The summed E-state index contributed by atoms with van der Waals surface area (Å²) in [6.07, 6.45) is 1.99. The van der Waals surface area contributed by atoms with Crippen LogP contribution in [0.25, 0.3) is 0 Å². The molecule has 0 N–H and O–H groups in total. The van der Waals surface area contributed by atoms with Crippen molar-refractivity contribution in [3.05, 3.63) is 58.6 Å². The van der Waals surface area contributed by atoms with Gasteiger partial charge in [0.2, 0.25) is 0 Å². The van der Waals surface area contributed by atoms with Gasteiger partial charge in [-0.3, -0.25) is 9.69 Å². The predicted molar refractivity (Wildman–Crippen MR) is 107 cm³/mol. The average Bonchev–Trinajstić information content (AvgIpc) is 2.68. The second kappa shape index (κ2) is 8.80. The summed E-state index contributed by atoms with van der Waals surface area (Å²) in [4.78, 5) is 18.1. The molecule has 0 aliphatic carbocycles. The van der Waals surface area contributed by atoms with Crippen LogP contribution in [0.5, 0.6) is 5.75 Å². The first kappa shape index (κ1) is 19.1. The van der Waals surface area contributed by atoms with Crippen molar-refractivity contribution in [2.24, 2.45) is 0 Å². The third kappa shape index (κ3) is 4.53. The lowest BCUT2D eigenvalue weighted by molar-refractivity contribution is 0.0628. The van der Waals surface area contributed by atoms with Crippen LogP contribution in [0.1, 0.15) is 15.9 Å². The maximum absolute atomic E-state index is 12.8. The zero-order valence-electron chi connectivity index (χ0n) is 15.1. The van der Waals surface area contributed by atoms with Crippen molar-refractivity contribution in [2.45, 2.75) is 11.4 Å². The Kier molecular flexibility index (Phi) is 6.46. The van der Waals surface area contributed by atoms with E-state index in [0.717, 1.165) is 30.3 Å². The fraction of sp³-hybridized carbons (Fsp3) is 0.350. The summed E-state index contributed by atoms with van der Waals surface area (Å²) in [6, 6.07) is 13.8. The molecule has 1 fully saturated rings. The normalized spacial score (nSPS) is 15.1. The summed E-state index contributed by atoms with van der Waals surface area (Å²) in [5.41, 5.74) is 1.82. The summed E-state index contributed by atoms with van der Waals surface area (Å²) in [7, 11) is 1.68. The number of hydrogen-bond donors (Lipinski definition) is 0. The van der Waals surface area contributed by atoms with Crippen molar-refractivity contribution < 1.29 is 9.53 Å². The Bertz CT molecular complexity index is 776. The number of benzene rings is 2. The van der Waals surface area contributed by atoms with E-state index in [9.17, 15) is 4.79 Å². The summed E-state index contributed by atoms with van der Waals surface area (Å²) in [6.45, 7) is 3.98. The van der Waals surface area contributed by atoms with Gasteiger partial charge in [0.1, 0.15) is 5.75 Å². The van der Waals surface area contributed by atoms with Gasteiger partial charge in [-0.15, -0.1) is 11.8 Å². The van der Waals surface area contributed by atoms with Crippen LogP contribution < -0.4 is 4.74 Å². The summed E-state index contributed by atoms with van der Waals surface area (Å²) in [5, 5.41) is 0.520. The molecule has 2 aromatic carbocycles. The molecule has 1 aliphatic rings. The molecule has 1 heterocycles. The molecular weight excluding hydrogens is 368 g/mol. The molecule has 0 atom stereocenters. The summed E-state index contributed by atoms with van der Waals surface area (Å²) in [5.74, 6) is 0.895. The second-order valence-corrected chi connectivity index (χ2v) is 7.55. The van der Waals surface area contributed by atoms with Gasteiger partial charge in [0.15, 0.2) is 0 Å². The molecule has 4 nitrogen and oxygen atoms in total. The van der Waals surface area contributed by atoms with Crippen LogP contribution in [-0.2, 0) is 6.54 Å². The first-order chi connectivity index (χ1) is 12.6. The number of amides is 1. The predicted octanol–water partition coefficient (Wildman–Crippen LogP) is 4.03. The first-order valence-electron chi connectivity index (χ1n) is 8.59. The van der Waals surface area contributed by atoms with E-state index in [0.29, 0.717) is 23.7 Å². The van der Waals surface area contributed by atoms with Crippen molar-refractivity contribution in [3.8, 4) is 5.75 Å². The van der Waals surface area contributed by atoms with E-state index in [-0.39, 0.29) is 5.91 Å². The largest absolute Gasteiger partial charge is 0.497 e. The molecule has 3 rings (SSSR count). The highest BCUT2D eigenvalue weighted by atomic mass is 35.5. The number of carbonyl (C=O) groups excluding carboxylic acids is 1. The number of nitrogens with zero attached hydrogens (tertiary/aromatic N) is 2. The quantitative estimate of drug-likeness (QED) is 0.721. The molecule has 0 radical (unpaired) electrons. The topological polar surface area (TPSA) is 32.8 Å². The van der Waals surface area contributed by atoms with Crippen LogP contribution in [0, 0.1) is 0 Å². The zero-order valence-corrected chi connectivity index (χ0v) is 16.6. The fourth-order valence-electron chi connectivity index (χ4n) is 3.10. The maximum Gasteiger partial charge on any atom is 0.255 e. The number of piperazine rings is 1. The minimum Gasteiger partial charge on any atom is -0.497 e. The van der Waals surface area contributed by atoms with Gasteiger partial charge in [-0.25, -0.2) is 0 Å². The van der Waals surface area contributed by atoms with E-state index in [1.165, 1.54) is 5.56 Å². The van der Waals surface area contributed by atoms with Crippen molar-refractivity contribution in [1.29, 1.82) is 0 Å². The molecule has 2 aromatic rings. The molecule has 1 saturated heterocycles. The van der Waals surface area contributed by atoms with Crippen LogP contribution >= 0.6 is 23.4 Å². The smallest absolute Gasteiger partial charge is 0.255 e. The highest BCUT2D eigenvalue weighted by molar-refractivity contribution is 7.98. The van der Waals surface area contributed by atoms with Crippen molar-refractivity contribution in [3.63, 3.8) is 0 Å². The van der Waals surface area contributed by atoms with E-state index in [1.807, 2.05) is 35.4 Å². The molecule has 0 aromatic heterocycles. The Morgan fingerprint density at radius 3 is 2.62 bits per heavy atom. The van der Waals surface area contributed by atoms with Gasteiger partial charge in [-0.05, 0) is 42.2 Å².